The summed E-state index contributed by atoms with van der Waals surface area (Å²) in [5.41, 5.74) is 0. The highest BCUT2D eigenvalue weighted by Gasteiger charge is 2.17. The van der Waals surface area contributed by atoms with Crippen molar-refractivity contribution in [1.29, 1.82) is 0 Å². The van der Waals surface area contributed by atoms with Crippen molar-refractivity contribution >= 4 is 39.6 Å². The van der Waals surface area contributed by atoms with Crippen LogP contribution in [0.1, 0.15) is 6.92 Å². The molecule has 1 amide bonds. The Balaban J connectivity index is 3.91. The second-order valence-electron chi connectivity index (χ2n) is 2.62. The van der Waals surface area contributed by atoms with E-state index >= 15 is 0 Å². The number of carboxylic acid groups (broad SMARTS) is 1. The predicted molar refractivity (Wildman–Crippen MR) is 60.6 cm³/mol. The molecule has 80 valence electrons. The van der Waals surface area contributed by atoms with Gasteiger partial charge in [0.2, 0.25) is 5.91 Å². The van der Waals surface area contributed by atoms with Gasteiger partial charge in [-0.1, -0.05) is 22.5 Å². The van der Waals surface area contributed by atoms with Gasteiger partial charge in [0, 0.05) is 18.4 Å². The Morgan fingerprint density at radius 1 is 1.64 bits per heavy atom. The Hall–Kier alpha value is -0.490. The molecule has 0 fully saturated rings. The van der Waals surface area contributed by atoms with Gasteiger partial charge in [-0.3, -0.25) is 4.79 Å². The van der Waals surface area contributed by atoms with Crippen LogP contribution in [-0.2, 0) is 9.59 Å². The average molecular weight is 282 g/mol. The van der Waals surface area contributed by atoms with Crippen LogP contribution in [0.25, 0.3) is 0 Å². The molecule has 14 heavy (non-hydrogen) atoms. The molecule has 0 saturated carbocycles. The second kappa shape index (κ2) is 6.89. The Kier molecular flexibility index (Phi) is 6.65. The molecule has 1 atom stereocenters. The van der Waals surface area contributed by atoms with E-state index in [2.05, 4.69) is 27.8 Å². The van der Waals surface area contributed by atoms with Crippen molar-refractivity contribution in [1.82, 2.24) is 5.32 Å². The van der Waals surface area contributed by atoms with Gasteiger partial charge >= 0.3 is 5.97 Å². The van der Waals surface area contributed by atoms with E-state index in [0.717, 1.165) is 4.48 Å². The minimum atomic E-state index is -1.02. The summed E-state index contributed by atoms with van der Waals surface area (Å²) in [5.74, 6) is -0.397. The zero-order valence-electron chi connectivity index (χ0n) is 7.75. The van der Waals surface area contributed by atoms with Crippen molar-refractivity contribution in [3.63, 3.8) is 0 Å². The molecule has 6 heteroatoms. The fourth-order valence-corrected chi connectivity index (χ4v) is 1.99. The maximum Gasteiger partial charge on any atom is 0.327 e. The quantitative estimate of drug-likeness (QED) is 0.768. The van der Waals surface area contributed by atoms with Gasteiger partial charge in [0.05, 0.1) is 0 Å². The van der Waals surface area contributed by atoms with E-state index in [1.165, 1.54) is 18.7 Å². The highest BCUT2D eigenvalue weighted by Crippen LogP contribution is 2.12. The van der Waals surface area contributed by atoms with Crippen LogP contribution in [0.2, 0.25) is 0 Å². The lowest BCUT2D eigenvalue weighted by Gasteiger charge is -2.12. The number of nitrogens with one attached hydrogen (secondary N) is 1. The topological polar surface area (TPSA) is 66.4 Å². The molecule has 0 aromatic rings. The van der Waals surface area contributed by atoms with Gasteiger partial charge in [-0.05, 0) is 4.48 Å². The number of carbonyl (C=O) groups is 2. The first-order valence-electron chi connectivity index (χ1n) is 3.84. The van der Waals surface area contributed by atoms with Gasteiger partial charge in [0.15, 0.2) is 0 Å². The number of carboxylic acids is 1. The molecule has 2 N–H and O–H groups in total. The first kappa shape index (κ1) is 13.5. The molecule has 0 aromatic heterocycles. The third-order valence-electron chi connectivity index (χ3n) is 1.22. The van der Waals surface area contributed by atoms with E-state index in [4.69, 9.17) is 5.11 Å². The van der Waals surface area contributed by atoms with Crippen molar-refractivity contribution in [2.45, 2.75) is 13.0 Å². The van der Waals surface area contributed by atoms with Crippen LogP contribution >= 0.6 is 27.7 Å². The number of amides is 1. The van der Waals surface area contributed by atoms with Gasteiger partial charge in [-0.15, -0.1) is 0 Å². The molecule has 0 aliphatic carbocycles. The molecule has 0 radical (unpaired) electrons. The lowest BCUT2D eigenvalue weighted by molar-refractivity contribution is -0.140. The van der Waals surface area contributed by atoms with Crippen LogP contribution in [0.5, 0.6) is 0 Å². The van der Waals surface area contributed by atoms with Crippen molar-refractivity contribution in [3.8, 4) is 0 Å². The fraction of sp³-hybridized carbons (Fsp3) is 0.500. The van der Waals surface area contributed by atoms with Crippen LogP contribution < -0.4 is 5.32 Å². The van der Waals surface area contributed by atoms with Crippen molar-refractivity contribution in [2.24, 2.45) is 0 Å². The Bertz CT molecular complexity index is 245. The SMILES string of the molecule is C=C(Br)CSC[C@H](NC(C)=O)C(=O)O. The van der Waals surface area contributed by atoms with Gasteiger partial charge in [-0.2, -0.15) is 11.8 Å². The van der Waals surface area contributed by atoms with Crippen LogP contribution in [0.3, 0.4) is 0 Å². The van der Waals surface area contributed by atoms with E-state index in [1.54, 1.807) is 0 Å². The van der Waals surface area contributed by atoms with Gasteiger partial charge in [0.1, 0.15) is 6.04 Å². The zero-order chi connectivity index (χ0) is 11.1. The summed E-state index contributed by atoms with van der Waals surface area (Å²) in [6.45, 7) is 4.91. The van der Waals surface area contributed by atoms with Crippen molar-refractivity contribution < 1.29 is 14.7 Å². The summed E-state index contributed by atoms with van der Waals surface area (Å²) in [6, 6.07) is -0.829. The first-order chi connectivity index (χ1) is 6.43. The van der Waals surface area contributed by atoms with Crippen LogP contribution in [0, 0.1) is 0 Å². The highest BCUT2D eigenvalue weighted by atomic mass is 79.9. The van der Waals surface area contributed by atoms with Gasteiger partial charge in [-0.25, -0.2) is 4.79 Å². The number of hydrogen-bond donors (Lipinski definition) is 2. The molecule has 0 aromatic carbocycles. The summed E-state index contributed by atoms with van der Waals surface area (Å²) in [5, 5.41) is 11.1. The number of rotatable bonds is 6. The molecule has 0 aliphatic rings. The number of thioether (sulfide) groups is 1. The number of aliphatic carboxylic acids is 1. The predicted octanol–water partition coefficient (Wildman–Crippen LogP) is 1.22. The second-order valence-corrected chi connectivity index (χ2v) is 4.78. The molecular weight excluding hydrogens is 270 g/mol. The normalized spacial score (nSPS) is 11.9. The van der Waals surface area contributed by atoms with Crippen molar-refractivity contribution in [3.05, 3.63) is 11.1 Å². The maximum absolute atomic E-state index is 10.6. The number of carbonyl (C=O) groups excluding carboxylic acids is 1. The molecule has 0 spiro atoms. The molecule has 0 rings (SSSR count). The summed E-state index contributed by atoms with van der Waals surface area (Å²) in [6.07, 6.45) is 0. The standard InChI is InChI=1S/C8H12BrNO3S/c1-5(9)3-14-4-7(8(12)13)10-6(2)11/h7H,1,3-4H2,2H3,(H,10,11)(H,12,13)/t7-/m0/s1. The molecule has 4 nitrogen and oxygen atoms in total. The minimum Gasteiger partial charge on any atom is -0.480 e. The molecule has 0 heterocycles. The summed E-state index contributed by atoms with van der Waals surface area (Å²) < 4.78 is 0.800. The van der Waals surface area contributed by atoms with E-state index in [1.807, 2.05) is 0 Å². The number of hydrogen-bond acceptors (Lipinski definition) is 3. The lowest BCUT2D eigenvalue weighted by atomic mass is 10.3. The van der Waals surface area contributed by atoms with Crippen molar-refractivity contribution in [2.75, 3.05) is 11.5 Å². The zero-order valence-corrected chi connectivity index (χ0v) is 10.2. The number of halogens is 1. The first-order valence-corrected chi connectivity index (χ1v) is 5.79. The Labute approximate surface area is 95.3 Å². The minimum absolute atomic E-state index is 0.333. The van der Waals surface area contributed by atoms with E-state index in [-0.39, 0.29) is 5.91 Å². The molecule has 0 bridgehead atoms. The molecule has 0 aliphatic heterocycles. The third kappa shape index (κ3) is 6.97. The molecule has 0 saturated heterocycles. The lowest BCUT2D eigenvalue weighted by Crippen LogP contribution is -2.41. The maximum atomic E-state index is 10.6. The van der Waals surface area contributed by atoms with Crippen LogP contribution in [-0.4, -0.2) is 34.5 Å². The van der Waals surface area contributed by atoms with Crippen LogP contribution in [0.15, 0.2) is 11.1 Å². The average Bonchev–Trinajstić information content (AvgIpc) is 2.00. The third-order valence-corrected chi connectivity index (χ3v) is 2.99. The van der Waals surface area contributed by atoms with Crippen LogP contribution in [0.4, 0.5) is 0 Å². The van der Waals surface area contributed by atoms with Gasteiger partial charge in [0.25, 0.3) is 0 Å². The Morgan fingerprint density at radius 3 is 2.57 bits per heavy atom. The smallest absolute Gasteiger partial charge is 0.327 e. The highest BCUT2D eigenvalue weighted by molar-refractivity contribution is 9.11. The summed E-state index contributed by atoms with van der Waals surface area (Å²) in [4.78, 5) is 21.3. The van der Waals surface area contributed by atoms with E-state index in [0.29, 0.717) is 11.5 Å². The summed E-state index contributed by atoms with van der Waals surface area (Å²) >= 11 is 4.56. The van der Waals surface area contributed by atoms with E-state index < -0.39 is 12.0 Å². The summed E-state index contributed by atoms with van der Waals surface area (Å²) in [7, 11) is 0. The fourth-order valence-electron chi connectivity index (χ4n) is 0.708. The Morgan fingerprint density at radius 2 is 2.21 bits per heavy atom. The van der Waals surface area contributed by atoms with E-state index in [9.17, 15) is 9.59 Å². The van der Waals surface area contributed by atoms with Gasteiger partial charge < -0.3 is 10.4 Å². The monoisotopic (exact) mass is 281 g/mol. The molecular formula is C8H12BrNO3S. The largest absolute Gasteiger partial charge is 0.480 e. The molecule has 0 unspecified atom stereocenters.